The third-order valence-corrected chi connectivity index (χ3v) is 6.18. The van der Waals surface area contributed by atoms with Gasteiger partial charge in [-0.2, -0.15) is 0 Å². The van der Waals surface area contributed by atoms with Crippen LogP contribution in [0.1, 0.15) is 28.3 Å². The third-order valence-electron chi connectivity index (χ3n) is 6.18. The van der Waals surface area contributed by atoms with Crippen LogP contribution >= 0.6 is 0 Å². The molecule has 0 amide bonds. The molecule has 2 heterocycles. The van der Waals surface area contributed by atoms with Crippen molar-refractivity contribution in [1.82, 2.24) is 4.57 Å². The fraction of sp³-hybridized carbons (Fsp3) is 0.259. The molecule has 8 nitrogen and oxygen atoms in total. The van der Waals surface area contributed by atoms with Gasteiger partial charge in [0.1, 0.15) is 11.3 Å². The van der Waals surface area contributed by atoms with Crippen molar-refractivity contribution in [2.75, 3.05) is 21.3 Å². The Labute approximate surface area is 203 Å². The molecule has 1 aromatic heterocycles. The zero-order valence-corrected chi connectivity index (χ0v) is 20.2. The van der Waals surface area contributed by atoms with Crippen molar-refractivity contribution in [2.24, 2.45) is 5.73 Å². The van der Waals surface area contributed by atoms with Gasteiger partial charge in [-0.3, -0.25) is 4.79 Å². The Morgan fingerprint density at radius 2 is 1.74 bits per heavy atom. The highest BCUT2D eigenvalue weighted by Gasteiger charge is 2.38. The summed E-state index contributed by atoms with van der Waals surface area (Å²) in [4.78, 5) is 26.7. The Kier molecular flexibility index (Phi) is 6.82. The quantitative estimate of drug-likeness (QED) is 0.522. The van der Waals surface area contributed by atoms with Crippen molar-refractivity contribution in [2.45, 2.75) is 25.8 Å². The van der Waals surface area contributed by atoms with E-state index in [0.717, 1.165) is 11.3 Å². The molecule has 2 aromatic carbocycles. The summed E-state index contributed by atoms with van der Waals surface area (Å²) in [5.74, 6) is -0.314. The number of nitrogens with two attached hydrogens (primary N) is 1. The molecule has 0 aliphatic carbocycles. The lowest BCUT2D eigenvalue weighted by Crippen LogP contribution is -2.35. The first-order valence-corrected chi connectivity index (χ1v) is 11.2. The molecule has 3 aromatic rings. The van der Waals surface area contributed by atoms with Gasteiger partial charge in [-0.1, -0.05) is 36.4 Å². The molecule has 182 valence electrons. The van der Waals surface area contributed by atoms with Crippen molar-refractivity contribution in [3.63, 3.8) is 0 Å². The summed E-state index contributed by atoms with van der Waals surface area (Å²) in [6.07, 6.45) is 0.671. The Balaban J connectivity index is 1.89. The number of esters is 1. The van der Waals surface area contributed by atoms with E-state index in [9.17, 15) is 9.59 Å². The maximum atomic E-state index is 13.9. The highest BCUT2D eigenvalue weighted by atomic mass is 16.5. The predicted octanol–water partition coefficient (Wildman–Crippen LogP) is 3.28. The zero-order valence-electron chi connectivity index (χ0n) is 20.2. The number of fused-ring (bicyclic) bond motifs is 1. The second kappa shape index (κ2) is 9.97. The minimum atomic E-state index is -0.818. The SMILES string of the molecule is COC(=O)C1=C(N)Oc2cc(C)n(CCc3ccccc3)c(=O)c2[C@@H]1c1ccc(OC)c(OC)c1. The van der Waals surface area contributed by atoms with Gasteiger partial charge >= 0.3 is 5.97 Å². The second-order valence-electron chi connectivity index (χ2n) is 8.18. The van der Waals surface area contributed by atoms with E-state index in [0.29, 0.717) is 41.3 Å². The minimum Gasteiger partial charge on any atom is -0.493 e. The van der Waals surface area contributed by atoms with Gasteiger partial charge in [0.05, 0.1) is 32.8 Å². The summed E-state index contributed by atoms with van der Waals surface area (Å²) in [5.41, 5.74) is 8.76. The Morgan fingerprint density at radius 3 is 2.40 bits per heavy atom. The number of pyridine rings is 1. The Morgan fingerprint density at radius 1 is 1.03 bits per heavy atom. The summed E-state index contributed by atoms with van der Waals surface area (Å²) in [6.45, 7) is 2.31. The van der Waals surface area contributed by atoms with Gasteiger partial charge in [0.15, 0.2) is 11.5 Å². The molecule has 0 fully saturated rings. The predicted molar refractivity (Wildman–Crippen MR) is 131 cm³/mol. The van der Waals surface area contributed by atoms with Crippen LogP contribution in [0.3, 0.4) is 0 Å². The first-order chi connectivity index (χ1) is 16.9. The fourth-order valence-corrected chi connectivity index (χ4v) is 4.42. The minimum absolute atomic E-state index is 0.0581. The van der Waals surface area contributed by atoms with Crippen LogP contribution in [0.25, 0.3) is 0 Å². The summed E-state index contributed by atoms with van der Waals surface area (Å²) >= 11 is 0. The van der Waals surface area contributed by atoms with Gasteiger partial charge in [0.25, 0.3) is 5.56 Å². The van der Waals surface area contributed by atoms with Gasteiger partial charge in [0, 0.05) is 18.3 Å². The molecule has 2 N–H and O–H groups in total. The number of methoxy groups -OCH3 is 3. The van der Waals surface area contributed by atoms with Crippen LogP contribution < -0.4 is 25.5 Å². The number of carbonyl (C=O) groups excluding carboxylic acids is 1. The van der Waals surface area contributed by atoms with Crippen LogP contribution in [0, 0.1) is 6.92 Å². The molecule has 35 heavy (non-hydrogen) atoms. The molecule has 0 saturated heterocycles. The Bertz CT molecular complexity index is 1340. The number of carbonyl (C=O) groups is 1. The number of aryl methyl sites for hydroxylation is 2. The molecule has 4 rings (SSSR count). The Hall–Kier alpha value is -4.20. The average Bonchev–Trinajstić information content (AvgIpc) is 2.87. The van der Waals surface area contributed by atoms with E-state index >= 15 is 0 Å². The highest BCUT2D eigenvalue weighted by Crippen LogP contribution is 2.43. The van der Waals surface area contributed by atoms with E-state index in [-0.39, 0.29) is 17.0 Å². The van der Waals surface area contributed by atoms with E-state index < -0.39 is 11.9 Å². The number of hydrogen-bond donors (Lipinski definition) is 1. The number of hydrogen-bond acceptors (Lipinski definition) is 7. The average molecular weight is 477 g/mol. The highest BCUT2D eigenvalue weighted by molar-refractivity contribution is 5.92. The molecule has 1 atom stereocenters. The van der Waals surface area contributed by atoms with Crippen LogP contribution in [0.5, 0.6) is 17.2 Å². The number of benzene rings is 2. The van der Waals surface area contributed by atoms with E-state index in [4.69, 9.17) is 24.7 Å². The molecule has 0 saturated carbocycles. The molecular weight excluding hydrogens is 448 g/mol. The number of ether oxygens (including phenoxy) is 4. The topological polar surface area (TPSA) is 102 Å². The lowest BCUT2D eigenvalue weighted by Gasteiger charge is -2.29. The number of nitrogens with zero attached hydrogens (tertiary/aromatic N) is 1. The molecule has 8 heteroatoms. The molecular formula is C27H28N2O6. The molecule has 0 radical (unpaired) electrons. The second-order valence-corrected chi connectivity index (χ2v) is 8.18. The molecule has 0 spiro atoms. The summed E-state index contributed by atoms with van der Waals surface area (Å²) in [6, 6.07) is 16.9. The van der Waals surface area contributed by atoms with Crippen molar-refractivity contribution in [3.05, 3.63) is 98.8 Å². The standard InChI is InChI=1S/C27H28N2O6/c1-16-14-21-23(26(30)29(16)13-12-17-8-6-5-7-9-17)22(24(25(28)35-21)27(31)34-4)18-10-11-19(32-2)20(15-18)33-3/h5-11,14-15,22H,12-13,28H2,1-4H3/t22-/m0/s1. The van der Waals surface area contributed by atoms with E-state index in [1.807, 2.05) is 37.3 Å². The van der Waals surface area contributed by atoms with Crippen LogP contribution in [0.15, 0.2) is 70.8 Å². The summed E-state index contributed by atoms with van der Waals surface area (Å²) in [7, 11) is 4.31. The summed E-state index contributed by atoms with van der Waals surface area (Å²) < 4.78 is 23.3. The lowest BCUT2D eigenvalue weighted by atomic mass is 9.83. The summed E-state index contributed by atoms with van der Waals surface area (Å²) in [5, 5.41) is 0. The van der Waals surface area contributed by atoms with Crippen LogP contribution in [0.4, 0.5) is 0 Å². The van der Waals surface area contributed by atoms with Gasteiger partial charge in [-0.15, -0.1) is 0 Å². The monoisotopic (exact) mass is 476 g/mol. The fourth-order valence-electron chi connectivity index (χ4n) is 4.42. The van der Waals surface area contributed by atoms with Crippen molar-refractivity contribution < 1.29 is 23.7 Å². The van der Waals surface area contributed by atoms with E-state index in [1.165, 1.54) is 21.3 Å². The first kappa shape index (κ1) is 23.9. The van der Waals surface area contributed by atoms with Crippen molar-refractivity contribution in [3.8, 4) is 17.2 Å². The van der Waals surface area contributed by atoms with Crippen LogP contribution in [-0.4, -0.2) is 31.9 Å². The van der Waals surface area contributed by atoms with Gasteiger partial charge in [-0.25, -0.2) is 4.79 Å². The van der Waals surface area contributed by atoms with Crippen LogP contribution in [0.2, 0.25) is 0 Å². The van der Waals surface area contributed by atoms with Gasteiger partial charge < -0.3 is 29.2 Å². The van der Waals surface area contributed by atoms with Crippen molar-refractivity contribution >= 4 is 5.97 Å². The van der Waals surface area contributed by atoms with E-state index in [2.05, 4.69) is 0 Å². The lowest BCUT2D eigenvalue weighted by molar-refractivity contribution is -0.136. The maximum absolute atomic E-state index is 13.9. The first-order valence-electron chi connectivity index (χ1n) is 11.2. The largest absolute Gasteiger partial charge is 0.493 e. The van der Waals surface area contributed by atoms with Crippen molar-refractivity contribution in [1.29, 1.82) is 0 Å². The number of rotatable bonds is 7. The van der Waals surface area contributed by atoms with Gasteiger partial charge in [0.2, 0.25) is 5.88 Å². The molecule has 1 aliphatic heterocycles. The molecule has 1 aliphatic rings. The maximum Gasteiger partial charge on any atom is 0.340 e. The third kappa shape index (κ3) is 4.47. The van der Waals surface area contributed by atoms with E-state index in [1.54, 1.807) is 28.8 Å². The molecule has 0 unspecified atom stereocenters. The smallest absolute Gasteiger partial charge is 0.340 e. The normalized spacial score (nSPS) is 14.7. The zero-order chi connectivity index (χ0) is 25.1. The van der Waals surface area contributed by atoms with Crippen LogP contribution in [-0.2, 0) is 22.5 Å². The number of aromatic nitrogens is 1. The molecule has 0 bridgehead atoms. The van der Waals surface area contributed by atoms with Gasteiger partial charge in [-0.05, 0) is 36.6 Å².